The molecule has 2 aromatic heterocycles. The molecule has 1 aliphatic heterocycles. The van der Waals surface area contributed by atoms with Crippen molar-refractivity contribution in [3.63, 3.8) is 0 Å². The Hall–Kier alpha value is -2.50. The van der Waals surface area contributed by atoms with Gasteiger partial charge in [0.05, 0.1) is 12.9 Å². The van der Waals surface area contributed by atoms with Crippen LogP contribution in [0.1, 0.15) is 26.5 Å². The SMILES string of the molecule is CC(C)C(N)C(=O)OC1C[C@H](n2cnc3c(=O)[nH]c(N)nc32)O[C@@H]1CO. The van der Waals surface area contributed by atoms with Gasteiger partial charge < -0.3 is 26.0 Å². The Morgan fingerprint density at radius 2 is 2.31 bits per heavy atom. The molecule has 26 heavy (non-hydrogen) atoms. The van der Waals surface area contributed by atoms with Gasteiger partial charge in [-0.3, -0.25) is 19.1 Å². The summed E-state index contributed by atoms with van der Waals surface area (Å²) in [5.41, 5.74) is 11.3. The van der Waals surface area contributed by atoms with Crippen LogP contribution in [0.2, 0.25) is 0 Å². The van der Waals surface area contributed by atoms with Crippen molar-refractivity contribution in [2.24, 2.45) is 11.7 Å². The van der Waals surface area contributed by atoms with Crippen molar-refractivity contribution >= 4 is 23.1 Å². The number of nitrogens with zero attached hydrogens (tertiary/aromatic N) is 3. The van der Waals surface area contributed by atoms with Gasteiger partial charge in [-0.15, -0.1) is 0 Å². The summed E-state index contributed by atoms with van der Waals surface area (Å²) >= 11 is 0. The number of rotatable bonds is 5. The van der Waals surface area contributed by atoms with E-state index in [1.54, 1.807) is 0 Å². The number of aliphatic hydroxyl groups is 1. The molecule has 142 valence electrons. The lowest BCUT2D eigenvalue weighted by atomic mass is 10.1. The predicted molar refractivity (Wildman–Crippen MR) is 90.9 cm³/mol. The van der Waals surface area contributed by atoms with Gasteiger partial charge in [-0.2, -0.15) is 4.98 Å². The Bertz CT molecular complexity index is 862. The number of aromatic nitrogens is 4. The number of fused-ring (bicyclic) bond motifs is 1. The lowest BCUT2D eigenvalue weighted by Gasteiger charge is -2.20. The fraction of sp³-hybridized carbons (Fsp3) is 0.600. The lowest BCUT2D eigenvalue weighted by Crippen LogP contribution is -2.41. The maximum atomic E-state index is 12.1. The molecule has 0 spiro atoms. The van der Waals surface area contributed by atoms with Gasteiger partial charge >= 0.3 is 5.97 Å². The normalized spacial score (nSPS) is 24.3. The summed E-state index contributed by atoms with van der Waals surface area (Å²) in [6.07, 6.45) is -0.380. The molecule has 11 nitrogen and oxygen atoms in total. The number of aliphatic hydroxyl groups excluding tert-OH is 1. The molecule has 0 saturated carbocycles. The molecule has 0 aromatic carbocycles. The van der Waals surface area contributed by atoms with E-state index in [-0.39, 0.29) is 36.1 Å². The molecule has 1 fully saturated rings. The number of anilines is 1. The number of nitrogens with two attached hydrogens (primary N) is 2. The van der Waals surface area contributed by atoms with Gasteiger partial charge in [0.1, 0.15) is 24.5 Å². The highest BCUT2D eigenvalue weighted by Crippen LogP contribution is 2.32. The number of aromatic amines is 1. The molecular weight excluding hydrogens is 344 g/mol. The molecule has 11 heteroatoms. The van der Waals surface area contributed by atoms with Gasteiger partial charge in [0.2, 0.25) is 5.95 Å². The van der Waals surface area contributed by atoms with Crippen LogP contribution in [0.3, 0.4) is 0 Å². The third-order valence-electron chi connectivity index (χ3n) is 4.38. The number of nitrogen functional groups attached to an aromatic ring is 1. The number of esters is 1. The highest BCUT2D eigenvalue weighted by atomic mass is 16.6. The summed E-state index contributed by atoms with van der Waals surface area (Å²) in [7, 11) is 0. The van der Waals surface area contributed by atoms with Crippen LogP contribution in [0.15, 0.2) is 11.1 Å². The van der Waals surface area contributed by atoms with Crippen LogP contribution in [0.4, 0.5) is 5.95 Å². The topological polar surface area (TPSA) is 171 Å². The Kier molecular flexibility index (Phi) is 4.94. The first kappa shape index (κ1) is 18.3. The Morgan fingerprint density at radius 3 is 2.96 bits per heavy atom. The number of carbonyl (C=O) groups excluding carboxylic acids is 1. The van der Waals surface area contributed by atoms with E-state index in [0.717, 1.165) is 0 Å². The number of carbonyl (C=O) groups is 1. The number of hydrogen-bond donors (Lipinski definition) is 4. The van der Waals surface area contributed by atoms with Gasteiger partial charge in [0, 0.05) is 6.42 Å². The second-order valence-corrected chi connectivity index (χ2v) is 6.57. The van der Waals surface area contributed by atoms with Crippen molar-refractivity contribution in [3.05, 3.63) is 16.7 Å². The summed E-state index contributed by atoms with van der Waals surface area (Å²) < 4.78 is 12.7. The van der Waals surface area contributed by atoms with Gasteiger partial charge in [-0.05, 0) is 5.92 Å². The monoisotopic (exact) mass is 366 g/mol. The van der Waals surface area contributed by atoms with Crippen LogP contribution in [-0.2, 0) is 14.3 Å². The molecule has 0 radical (unpaired) electrons. The van der Waals surface area contributed by atoms with E-state index in [1.165, 1.54) is 10.9 Å². The van der Waals surface area contributed by atoms with Crippen LogP contribution in [0.25, 0.3) is 11.2 Å². The smallest absolute Gasteiger partial charge is 0.323 e. The van der Waals surface area contributed by atoms with Crippen molar-refractivity contribution in [2.75, 3.05) is 12.3 Å². The molecule has 0 amide bonds. The molecule has 3 heterocycles. The van der Waals surface area contributed by atoms with Crippen molar-refractivity contribution in [1.29, 1.82) is 0 Å². The van der Waals surface area contributed by atoms with Crippen LogP contribution >= 0.6 is 0 Å². The van der Waals surface area contributed by atoms with E-state index < -0.39 is 36.0 Å². The predicted octanol–water partition coefficient (Wildman–Crippen LogP) is -1.12. The molecule has 2 aromatic rings. The van der Waals surface area contributed by atoms with Crippen molar-refractivity contribution in [2.45, 2.75) is 44.7 Å². The van der Waals surface area contributed by atoms with Crippen molar-refractivity contribution in [1.82, 2.24) is 19.5 Å². The molecule has 3 rings (SSSR count). The number of hydrogen-bond acceptors (Lipinski definition) is 9. The molecule has 6 N–H and O–H groups in total. The third-order valence-corrected chi connectivity index (χ3v) is 4.38. The van der Waals surface area contributed by atoms with Crippen LogP contribution in [0, 0.1) is 5.92 Å². The Balaban J connectivity index is 1.83. The van der Waals surface area contributed by atoms with Crippen LogP contribution in [-0.4, -0.2) is 55.5 Å². The van der Waals surface area contributed by atoms with E-state index in [2.05, 4.69) is 15.0 Å². The quantitative estimate of drug-likeness (QED) is 0.478. The number of nitrogens with one attached hydrogen (secondary N) is 1. The van der Waals surface area contributed by atoms with E-state index in [4.69, 9.17) is 20.9 Å². The standard InChI is InChI=1S/C15H22N6O5/c1-6(2)10(16)14(24)26-7-3-9(25-8(7)4-22)21-5-18-11-12(21)19-15(17)20-13(11)23/h5-10,22H,3-4,16H2,1-2H3,(H3,17,19,20,23)/t7?,8-,9-,10?/m1/s1. The molecule has 1 saturated heterocycles. The maximum absolute atomic E-state index is 12.1. The van der Waals surface area contributed by atoms with Gasteiger partial charge in [-0.1, -0.05) is 13.8 Å². The van der Waals surface area contributed by atoms with Gasteiger partial charge in [-0.25, -0.2) is 4.98 Å². The lowest BCUT2D eigenvalue weighted by molar-refractivity contribution is -0.155. The van der Waals surface area contributed by atoms with Crippen molar-refractivity contribution < 1.29 is 19.4 Å². The zero-order chi connectivity index (χ0) is 19.0. The summed E-state index contributed by atoms with van der Waals surface area (Å²) in [6.45, 7) is 3.29. The minimum Gasteiger partial charge on any atom is -0.458 e. The molecular formula is C15H22N6O5. The molecule has 2 unspecified atom stereocenters. The summed E-state index contributed by atoms with van der Waals surface area (Å²) in [5.74, 6) is -0.682. The molecule has 4 atom stereocenters. The zero-order valence-electron chi connectivity index (χ0n) is 14.5. The Morgan fingerprint density at radius 1 is 1.58 bits per heavy atom. The van der Waals surface area contributed by atoms with E-state index in [0.29, 0.717) is 0 Å². The summed E-state index contributed by atoms with van der Waals surface area (Å²) in [5, 5.41) is 9.55. The number of H-pyrrole nitrogens is 1. The highest BCUT2D eigenvalue weighted by molar-refractivity contribution is 5.76. The molecule has 1 aliphatic rings. The van der Waals surface area contributed by atoms with Gasteiger partial charge in [0.15, 0.2) is 11.2 Å². The summed E-state index contributed by atoms with van der Waals surface area (Å²) in [4.78, 5) is 34.5. The average Bonchev–Trinajstić information content (AvgIpc) is 3.17. The van der Waals surface area contributed by atoms with E-state index in [9.17, 15) is 14.7 Å². The number of imidazole rings is 1. The average molecular weight is 366 g/mol. The third kappa shape index (κ3) is 3.28. The molecule has 0 aliphatic carbocycles. The minimum atomic E-state index is -0.762. The second-order valence-electron chi connectivity index (χ2n) is 6.57. The first-order chi connectivity index (χ1) is 12.3. The highest BCUT2D eigenvalue weighted by Gasteiger charge is 2.40. The summed E-state index contributed by atoms with van der Waals surface area (Å²) in [6, 6.07) is -0.762. The molecule has 0 bridgehead atoms. The second kappa shape index (κ2) is 7.02. The fourth-order valence-electron chi connectivity index (χ4n) is 2.81. The largest absolute Gasteiger partial charge is 0.458 e. The van der Waals surface area contributed by atoms with Crippen LogP contribution < -0.4 is 17.0 Å². The number of ether oxygens (including phenoxy) is 2. The van der Waals surface area contributed by atoms with E-state index >= 15 is 0 Å². The van der Waals surface area contributed by atoms with E-state index in [1.807, 2.05) is 13.8 Å². The van der Waals surface area contributed by atoms with Crippen LogP contribution in [0.5, 0.6) is 0 Å². The minimum absolute atomic E-state index is 0.0492. The first-order valence-electron chi connectivity index (χ1n) is 8.26. The van der Waals surface area contributed by atoms with Crippen molar-refractivity contribution in [3.8, 4) is 0 Å². The zero-order valence-corrected chi connectivity index (χ0v) is 14.5. The maximum Gasteiger partial charge on any atom is 0.323 e. The first-order valence-corrected chi connectivity index (χ1v) is 8.26. The fourth-order valence-corrected chi connectivity index (χ4v) is 2.81. The van der Waals surface area contributed by atoms with Gasteiger partial charge in [0.25, 0.3) is 5.56 Å². The Labute approximate surface area is 148 Å².